The fourth-order valence-electron chi connectivity index (χ4n) is 4.26. The lowest BCUT2D eigenvalue weighted by Crippen LogP contribution is -2.10. The van der Waals surface area contributed by atoms with Crippen LogP contribution in [0.2, 0.25) is 0 Å². The average molecular weight is 491 g/mol. The fraction of sp³-hybridized carbons (Fsp3) is 0.667. The van der Waals surface area contributed by atoms with Crippen LogP contribution < -0.4 is 4.74 Å². The first-order valence-corrected chi connectivity index (χ1v) is 15.4. The third-order valence-corrected chi connectivity index (χ3v) is 8.29. The smallest absolute Gasteiger partial charge is 0.178 e. The van der Waals surface area contributed by atoms with Gasteiger partial charge in [-0.05, 0) is 30.5 Å². The molecule has 4 heteroatoms. The molecule has 34 heavy (non-hydrogen) atoms. The predicted octanol–water partition coefficient (Wildman–Crippen LogP) is 9.41. The fourth-order valence-corrected chi connectivity index (χ4v) is 5.87. The molecule has 194 valence electrons. The van der Waals surface area contributed by atoms with E-state index in [1.165, 1.54) is 70.6 Å². The lowest BCUT2D eigenvalue weighted by Gasteiger charge is -2.14. The molecule has 0 spiro atoms. The molecule has 0 saturated carbocycles. The molecule has 0 N–H and O–H groups in total. The molecule has 0 heterocycles. The second-order valence-electron chi connectivity index (χ2n) is 9.45. The van der Waals surface area contributed by atoms with Crippen molar-refractivity contribution in [2.24, 2.45) is 0 Å². The van der Waals surface area contributed by atoms with Gasteiger partial charge >= 0.3 is 0 Å². The number of benzene rings is 1. The van der Waals surface area contributed by atoms with Gasteiger partial charge in [0.25, 0.3) is 0 Å². The maximum Gasteiger partial charge on any atom is 0.178 e. The van der Waals surface area contributed by atoms with Gasteiger partial charge in [-0.25, -0.2) is 8.42 Å². The lowest BCUT2D eigenvalue weighted by atomic mass is 10.1. The average Bonchev–Trinajstić information content (AvgIpc) is 2.84. The second kappa shape index (κ2) is 18.7. The molecule has 0 unspecified atom stereocenters. The Labute approximate surface area is 211 Å². The van der Waals surface area contributed by atoms with Crippen LogP contribution in [0, 0.1) is 0 Å². The molecule has 0 aliphatic carbocycles. The zero-order valence-corrected chi connectivity index (χ0v) is 22.9. The zero-order chi connectivity index (χ0) is 25.1. The summed E-state index contributed by atoms with van der Waals surface area (Å²) in [7, 11) is -3.37. The number of hydrogen-bond donors (Lipinski definition) is 0. The maximum atomic E-state index is 13.1. The lowest BCUT2D eigenvalue weighted by molar-refractivity contribution is 0.303. The van der Waals surface area contributed by atoms with Gasteiger partial charge < -0.3 is 4.74 Å². The van der Waals surface area contributed by atoms with Gasteiger partial charge in [0, 0.05) is 5.56 Å². The van der Waals surface area contributed by atoms with Gasteiger partial charge in [0.05, 0.1) is 17.3 Å². The number of unbranched alkanes of at least 4 members (excludes halogenated alkanes) is 14. The molecule has 0 saturated heterocycles. The van der Waals surface area contributed by atoms with Crippen molar-refractivity contribution >= 4 is 22.0 Å². The van der Waals surface area contributed by atoms with E-state index in [1.807, 2.05) is 6.07 Å². The first kappa shape index (κ1) is 30.5. The molecular weight excluding hydrogens is 440 g/mol. The van der Waals surface area contributed by atoms with Crippen LogP contribution in [0.3, 0.4) is 0 Å². The highest BCUT2D eigenvalue weighted by Gasteiger charge is 2.20. The molecular formula is C30H50O3S. The third kappa shape index (κ3) is 12.2. The second-order valence-corrected chi connectivity index (χ2v) is 11.5. The highest BCUT2D eigenvalue weighted by atomic mass is 32.2. The summed E-state index contributed by atoms with van der Waals surface area (Å²) >= 11 is 0. The monoisotopic (exact) mass is 490 g/mol. The van der Waals surface area contributed by atoms with Crippen molar-refractivity contribution in [2.75, 3.05) is 12.4 Å². The summed E-state index contributed by atoms with van der Waals surface area (Å²) in [6.45, 7) is 12.8. The predicted molar refractivity (Wildman–Crippen MR) is 149 cm³/mol. The topological polar surface area (TPSA) is 43.4 Å². The molecule has 0 radical (unpaired) electrons. The van der Waals surface area contributed by atoms with Gasteiger partial charge in [-0.1, -0.05) is 129 Å². The van der Waals surface area contributed by atoms with Gasteiger partial charge in [0.1, 0.15) is 5.75 Å². The summed E-state index contributed by atoms with van der Waals surface area (Å²) in [4.78, 5) is 0.347. The van der Waals surface area contributed by atoms with Crippen LogP contribution in [0.1, 0.15) is 128 Å². The summed E-state index contributed by atoms with van der Waals surface area (Å²) in [6.07, 6.45) is 22.4. The van der Waals surface area contributed by atoms with Crippen molar-refractivity contribution in [3.63, 3.8) is 0 Å². The minimum Gasteiger partial charge on any atom is -0.493 e. The quantitative estimate of drug-likeness (QED) is 0.152. The summed E-state index contributed by atoms with van der Waals surface area (Å²) < 4.78 is 32.2. The molecule has 1 rings (SSSR count). The van der Waals surface area contributed by atoms with Gasteiger partial charge in [-0.3, -0.25) is 0 Å². The van der Waals surface area contributed by atoms with Crippen LogP contribution in [0.15, 0.2) is 30.2 Å². The molecule has 0 aliphatic rings. The molecule has 1 aromatic carbocycles. The van der Waals surface area contributed by atoms with Crippen LogP contribution in [0.25, 0.3) is 12.2 Å². The molecule has 0 atom stereocenters. The molecule has 1 aromatic rings. The number of sulfone groups is 1. The van der Waals surface area contributed by atoms with E-state index in [-0.39, 0.29) is 5.75 Å². The Kier molecular flexibility index (Phi) is 16.8. The van der Waals surface area contributed by atoms with Crippen molar-refractivity contribution in [3.05, 3.63) is 36.4 Å². The van der Waals surface area contributed by atoms with E-state index in [0.29, 0.717) is 29.2 Å². The van der Waals surface area contributed by atoms with Crippen molar-refractivity contribution in [3.8, 4) is 5.75 Å². The summed E-state index contributed by atoms with van der Waals surface area (Å²) in [6, 6.07) is 3.53. The zero-order valence-electron chi connectivity index (χ0n) is 22.1. The maximum absolute atomic E-state index is 13.1. The van der Waals surface area contributed by atoms with Gasteiger partial charge in [0.2, 0.25) is 0 Å². The van der Waals surface area contributed by atoms with Crippen LogP contribution in [0.5, 0.6) is 5.75 Å². The highest BCUT2D eigenvalue weighted by Crippen LogP contribution is 2.30. The van der Waals surface area contributed by atoms with Crippen molar-refractivity contribution in [1.82, 2.24) is 0 Å². The summed E-state index contributed by atoms with van der Waals surface area (Å²) in [5.41, 5.74) is 1.36. The van der Waals surface area contributed by atoms with Crippen molar-refractivity contribution < 1.29 is 13.2 Å². The highest BCUT2D eigenvalue weighted by molar-refractivity contribution is 7.91. The summed E-state index contributed by atoms with van der Waals surface area (Å²) in [5.74, 6) is 0.872. The summed E-state index contributed by atoms with van der Waals surface area (Å²) in [5, 5.41) is 0. The van der Waals surface area contributed by atoms with Crippen LogP contribution in [-0.4, -0.2) is 20.8 Å². The molecule has 0 aliphatic heterocycles. The van der Waals surface area contributed by atoms with Crippen LogP contribution in [-0.2, 0) is 9.84 Å². The van der Waals surface area contributed by atoms with Crippen molar-refractivity contribution in [2.45, 2.75) is 121 Å². The van der Waals surface area contributed by atoms with E-state index in [4.69, 9.17) is 4.74 Å². The molecule has 0 amide bonds. The minimum absolute atomic E-state index is 0.178. The Balaban J connectivity index is 2.57. The molecule has 0 aromatic heterocycles. The number of rotatable bonds is 22. The van der Waals surface area contributed by atoms with Crippen LogP contribution in [0.4, 0.5) is 0 Å². The number of ether oxygens (including phenoxy) is 1. The van der Waals surface area contributed by atoms with E-state index in [0.717, 1.165) is 31.2 Å². The molecule has 0 bridgehead atoms. The van der Waals surface area contributed by atoms with E-state index in [1.54, 1.807) is 18.2 Å². The van der Waals surface area contributed by atoms with Gasteiger partial charge in [-0.15, -0.1) is 0 Å². The minimum atomic E-state index is -3.37. The SMILES string of the molecule is C=Cc1cc(S(=O)(=O)CCCCCCCCCC)c(C=C)cc1OCCCCCCCCCC. The Morgan fingerprint density at radius 3 is 1.65 bits per heavy atom. The van der Waals surface area contributed by atoms with E-state index >= 15 is 0 Å². The molecule has 0 fully saturated rings. The normalized spacial score (nSPS) is 11.5. The Morgan fingerprint density at radius 1 is 0.676 bits per heavy atom. The van der Waals surface area contributed by atoms with E-state index < -0.39 is 9.84 Å². The van der Waals surface area contributed by atoms with Gasteiger partial charge in [0.15, 0.2) is 9.84 Å². The Morgan fingerprint density at radius 2 is 1.15 bits per heavy atom. The van der Waals surface area contributed by atoms with Gasteiger partial charge in [-0.2, -0.15) is 0 Å². The van der Waals surface area contributed by atoms with Crippen molar-refractivity contribution in [1.29, 1.82) is 0 Å². The van der Waals surface area contributed by atoms with E-state index in [9.17, 15) is 8.42 Å². The first-order chi connectivity index (χ1) is 16.5. The standard InChI is InChI=1S/C30H50O3S/c1-5-9-11-13-15-17-19-21-23-33-29-25-28(8-4)30(26-27(29)7-3)34(31,32)24-22-20-18-16-14-12-10-6-2/h7-8,25-26H,3-6,9-24H2,1-2H3. The first-order valence-electron chi connectivity index (χ1n) is 13.8. The van der Waals surface area contributed by atoms with E-state index in [2.05, 4.69) is 27.0 Å². The third-order valence-electron chi connectivity index (χ3n) is 6.44. The largest absolute Gasteiger partial charge is 0.493 e. The molecule has 3 nitrogen and oxygen atoms in total. The number of hydrogen-bond acceptors (Lipinski definition) is 3. The Hall–Kier alpha value is -1.55. The Bertz CT molecular complexity index is 796. The van der Waals surface area contributed by atoms with Crippen LogP contribution >= 0.6 is 0 Å².